The van der Waals surface area contributed by atoms with Crippen molar-refractivity contribution in [3.05, 3.63) is 94.0 Å². The number of anilines is 1. The van der Waals surface area contributed by atoms with Crippen molar-refractivity contribution in [2.45, 2.75) is 51.1 Å². The quantitative estimate of drug-likeness (QED) is 0.269. The third-order valence-electron chi connectivity index (χ3n) is 6.32. The molecule has 2 amide bonds. The van der Waals surface area contributed by atoms with E-state index in [4.69, 9.17) is 23.2 Å². The van der Waals surface area contributed by atoms with Crippen LogP contribution in [-0.4, -0.2) is 44.3 Å². The SMILES string of the molecule is CCCCNC(=O)[C@H](C)N(Cc1c(Cl)cccc1Cl)C(=O)CN(c1ccc(C)cc1)S(=O)(=O)c1ccccc1. The highest BCUT2D eigenvalue weighted by Crippen LogP contribution is 2.28. The second-order valence-corrected chi connectivity index (χ2v) is 11.9. The molecule has 0 unspecified atom stereocenters. The van der Waals surface area contributed by atoms with Gasteiger partial charge in [-0.15, -0.1) is 0 Å². The predicted molar refractivity (Wildman–Crippen MR) is 157 cm³/mol. The zero-order valence-corrected chi connectivity index (χ0v) is 24.6. The molecule has 0 bridgehead atoms. The van der Waals surface area contributed by atoms with Gasteiger partial charge in [0.15, 0.2) is 0 Å². The van der Waals surface area contributed by atoms with Gasteiger partial charge in [-0.05, 0) is 56.7 Å². The summed E-state index contributed by atoms with van der Waals surface area (Å²) in [7, 11) is -4.12. The van der Waals surface area contributed by atoms with Crippen LogP contribution in [0, 0.1) is 6.92 Å². The van der Waals surface area contributed by atoms with Crippen LogP contribution >= 0.6 is 23.2 Å². The maximum atomic E-state index is 13.9. The van der Waals surface area contributed by atoms with E-state index >= 15 is 0 Å². The van der Waals surface area contributed by atoms with Crippen LogP contribution in [0.5, 0.6) is 0 Å². The van der Waals surface area contributed by atoms with E-state index < -0.39 is 28.5 Å². The molecule has 10 heteroatoms. The van der Waals surface area contributed by atoms with Crippen LogP contribution in [0.4, 0.5) is 5.69 Å². The Kier molecular flexibility index (Phi) is 10.8. The summed E-state index contributed by atoms with van der Waals surface area (Å²) in [6.45, 7) is 5.36. The van der Waals surface area contributed by atoms with E-state index in [1.807, 2.05) is 13.8 Å². The molecule has 208 valence electrons. The Balaban J connectivity index is 2.02. The van der Waals surface area contributed by atoms with Crippen molar-refractivity contribution in [2.75, 3.05) is 17.4 Å². The van der Waals surface area contributed by atoms with Crippen molar-refractivity contribution in [2.24, 2.45) is 0 Å². The second-order valence-electron chi connectivity index (χ2n) is 9.20. The fourth-order valence-corrected chi connectivity index (χ4v) is 5.88. The lowest BCUT2D eigenvalue weighted by Gasteiger charge is -2.32. The Morgan fingerprint density at radius 2 is 1.54 bits per heavy atom. The molecule has 3 aromatic carbocycles. The Morgan fingerprint density at radius 1 is 0.923 bits per heavy atom. The van der Waals surface area contributed by atoms with Gasteiger partial charge < -0.3 is 10.2 Å². The number of halogens is 2. The average molecular weight is 591 g/mol. The lowest BCUT2D eigenvalue weighted by Crippen LogP contribution is -2.51. The first kappa shape index (κ1) is 30.5. The van der Waals surface area contributed by atoms with Gasteiger partial charge in [-0.3, -0.25) is 13.9 Å². The molecule has 0 spiro atoms. The van der Waals surface area contributed by atoms with Crippen molar-refractivity contribution < 1.29 is 18.0 Å². The smallest absolute Gasteiger partial charge is 0.264 e. The number of hydrogen-bond donors (Lipinski definition) is 1. The number of hydrogen-bond acceptors (Lipinski definition) is 4. The molecule has 0 aliphatic heterocycles. The van der Waals surface area contributed by atoms with E-state index in [1.54, 1.807) is 67.6 Å². The van der Waals surface area contributed by atoms with Gasteiger partial charge >= 0.3 is 0 Å². The van der Waals surface area contributed by atoms with Crippen molar-refractivity contribution in [3.63, 3.8) is 0 Å². The van der Waals surface area contributed by atoms with E-state index in [9.17, 15) is 18.0 Å². The molecule has 0 fully saturated rings. The molecule has 0 saturated heterocycles. The molecule has 1 N–H and O–H groups in total. The van der Waals surface area contributed by atoms with E-state index in [0.717, 1.165) is 22.7 Å². The number of benzene rings is 3. The van der Waals surface area contributed by atoms with Crippen molar-refractivity contribution in [1.82, 2.24) is 10.2 Å². The molecule has 39 heavy (non-hydrogen) atoms. The molecular formula is C29H33Cl2N3O4S. The first-order valence-corrected chi connectivity index (χ1v) is 14.9. The number of unbranched alkanes of at least 4 members (excludes halogenated alkanes) is 1. The predicted octanol–water partition coefficient (Wildman–Crippen LogP) is 5.83. The minimum atomic E-state index is -4.12. The minimum Gasteiger partial charge on any atom is -0.354 e. The normalized spacial score (nSPS) is 12.0. The van der Waals surface area contributed by atoms with E-state index in [-0.39, 0.29) is 17.3 Å². The zero-order chi connectivity index (χ0) is 28.6. The number of nitrogens with zero attached hydrogens (tertiary/aromatic N) is 2. The van der Waals surface area contributed by atoms with Crippen LogP contribution in [0.15, 0.2) is 77.7 Å². The Bertz CT molecular complexity index is 1360. The molecule has 3 aromatic rings. The summed E-state index contributed by atoms with van der Waals surface area (Å²) in [5.41, 5.74) is 1.73. The molecule has 1 atom stereocenters. The minimum absolute atomic E-state index is 0.0458. The van der Waals surface area contributed by atoms with E-state index in [0.29, 0.717) is 27.8 Å². The van der Waals surface area contributed by atoms with E-state index in [2.05, 4.69) is 5.32 Å². The third kappa shape index (κ3) is 7.75. The molecule has 0 aliphatic rings. The van der Waals surface area contributed by atoms with Gasteiger partial charge in [-0.1, -0.05) is 78.5 Å². The second kappa shape index (κ2) is 13.8. The lowest BCUT2D eigenvalue weighted by molar-refractivity contribution is -0.139. The van der Waals surface area contributed by atoms with Gasteiger partial charge in [0.05, 0.1) is 10.6 Å². The number of rotatable bonds is 12. The number of amides is 2. The Hall–Kier alpha value is -3.07. The average Bonchev–Trinajstić information content (AvgIpc) is 2.92. The van der Waals surface area contributed by atoms with Crippen LogP contribution in [0.2, 0.25) is 10.0 Å². The third-order valence-corrected chi connectivity index (χ3v) is 8.82. The Labute approximate surface area is 240 Å². The topological polar surface area (TPSA) is 86.8 Å². The molecule has 0 radical (unpaired) electrons. The maximum absolute atomic E-state index is 13.9. The Morgan fingerprint density at radius 3 is 2.13 bits per heavy atom. The molecule has 0 heterocycles. The van der Waals surface area contributed by atoms with Gasteiger partial charge in [-0.2, -0.15) is 0 Å². The molecule has 0 aromatic heterocycles. The van der Waals surface area contributed by atoms with Crippen molar-refractivity contribution in [3.8, 4) is 0 Å². The fraction of sp³-hybridized carbons (Fsp3) is 0.310. The number of carbonyl (C=O) groups excluding carboxylic acids is 2. The van der Waals surface area contributed by atoms with Crippen molar-refractivity contribution in [1.29, 1.82) is 0 Å². The van der Waals surface area contributed by atoms with Crippen LogP contribution in [-0.2, 0) is 26.2 Å². The van der Waals surface area contributed by atoms with Gasteiger partial charge in [0.25, 0.3) is 10.0 Å². The monoisotopic (exact) mass is 589 g/mol. The van der Waals surface area contributed by atoms with Gasteiger partial charge in [-0.25, -0.2) is 8.42 Å². The van der Waals surface area contributed by atoms with E-state index in [1.165, 1.54) is 17.0 Å². The number of aryl methyl sites for hydroxylation is 1. The molecule has 3 rings (SSSR count). The van der Waals surface area contributed by atoms with Crippen LogP contribution in [0.3, 0.4) is 0 Å². The van der Waals surface area contributed by atoms with Gasteiger partial charge in [0, 0.05) is 28.7 Å². The maximum Gasteiger partial charge on any atom is 0.264 e. The van der Waals surface area contributed by atoms with Gasteiger partial charge in [0.2, 0.25) is 11.8 Å². The summed E-state index contributed by atoms with van der Waals surface area (Å²) in [5, 5.41) is 3.53. The first-order chi connectivity index (χ1) is 18.6. The highest BCUT2D eigenvalue weighted by atomic mass is 35.5. The zero-order valence-electron chi connectivity index (χ0n) is 22.2. The fourth-order valence-electron chi connectivity index (χ4n) is 3.93. The van der Waals surface area contributed by atoms with Crippen LogP contribution < -0.4 is 9.62 Å². The number of carbonyl (C=O) groups is 2. The van der Waals surface area contributed by atoms with Crippen molar-refractivity contribution >= 4 is 50.7 Å². The van der Waals surface area contributed by atoms with Crippen LogP contribution in [0.25, 0.3) is 0 Å². The standard InChI is InChI=1S/C29H33Cl2N3O4S/c1-4-5-18-32-29(36)22(3)33(19-25-26(30)12-9-13-27(25)31)28(35)20-34(23-16-14-21(2)15-17-23)39(37,38)24-10-7-6-8-11-24/h6-17,22H,4-5,18-20H2,1-3H3,(H,32,36)/t22-/m0/s1. The summed E-state index contributed by atoms with van der Waals surface area (Å²) in [4.78, 5) is 28.3. The summed E-state index contributed by atoms with van der Waals surface area (Å²) in [5.74, 6) is -0.933. The summed E-state index contributed by atoms with van der Waals surface area (Å²) in [6, 6.07) is 18.8. The molecular weight excluding hydrogens is 557 g/mol. The lowest BCUT2D eigenvalue weighted by atomic mass is 10.1. The summed E-state index contributed by atoms with van der Waals surface area (Å²) < 4.78 is 28.6. The summed E-state index contributed by atoms with van der Waals surface area (Å²) in [6.07, 6.45) is 1.69. The number of nitrogens with one attached hydrogen (secondary N) is 1. The molecule has 0 saturated carbocycles. The summed E-state index contributed by atoms with van der Waals surface area (Å²) >= 11 is 12.8. The highest BCUT2D eigenvalue weighted by molar-refractivity contribution is 7.92. The highest BCUT2D eigenvalue weighted by Gasteiger charge is 2.33. The molecule has 0 aliphatic carbocycles. The van der Waals surface area contributed by atoms with Gasteiger partial charge in [0.1, 0.15) is 12.6 Å². The first-order valence-electron chi connectivity index (χ1n) is 12.7. The number of sulfonamides is 1. The largest absolute Gasteiger partial charge is 0.354 e. The van der Waals surface area contributed by atoms with Crippen LogP contribution in [0.1, 0.15) is 37.8 Å². The molecule has 7 nitrogen and oxygen atoms in total.